The Bertz CT molecular complexity index is 753. The Morgan fingerprint density at radius 1 is 1.33 bits per heavy atom. The Balaban J connectivity index is 1.95. The molecule has 0 aromatic carbocycles. The van der Waals surface area contributed by atoms with Gasteiger partial charge in [0.05, 0.1) is 6.33 Å². The van der Waals surface area contributed by atoms with Crippen LogP contribution in [0.5, 0.6) is 0 Å². The third kappa shape index (κ3) is 2.80. The molecule has 3 aromatic heterocycles. The highest BCUT2D eigenvalue weighted by Gasteiger charge is 2.13. The van der Waals surface area contributed by atoms with E-state index in [1.165, 1.54) is 0 Å². The highest BCUT2D eigenvalue weighted by atomic mass is 35.5. The molecule has 1 N–H and O–H groups in total. The van der Waals surface area contributed by atoms with E-state index in [4.69, 9.17) is 11.6 Å². The molecule has 6 nitrogen and oxygen atoms in total. The molecule has 0 unspecified atom stereocenters. The maximum Gasteiger partial charge on any atom is 0.226 e. The van der Waals surface area contributed by atoms with Gasteiger partial charge in [-0.2, -0.15) is 9.97 Å². The van der Waals surface area contributed by atoms with E-state index >= 15 is 0 Å². The maximum atomic E-state index is 6.02. The Hall–Kier alpha value is -2.21. The summed E-state index contributed by atoms with van der Waals surface area (Å²) in [5.41, 5.74) is 2.51. The second kappa shape index (κ2) is 5.65. The van der Waals surface area contributed by atoms with Crippen molar-refractivity contribution in [3.05, 3.63) is 41.7 Å². The fourth-order valence-electron chi connectivity index (χ4n) is 2.08. The number of nitrogens with zero attached hydrogens (tertiary/aromatic N) is 5. The summed E-state index contributed by atoms with van der Waals surface area (Å²) in [7, 11) is 0. The van der Waals surface area contributed by atoms with Crippen LogP contribution in [-0.2, 0) is 6.54 Å². The number of halogens is 1. The monoisotopic (exact) mass is 302 g/mol. The van der Waals surface area contributed by atoms with Crippen LogP contribution in [0.3, 0.4) is 0 Å². The second-order valence-corrected chi connectivity index (χ2v) is 5.31. The highest BCUT2D eigenvalue weighted by Crippen LogP contribution is 2.23. The van der Waals surface area contributed by atoms with E-state index < -0.39 is 0 Å². The van der Waals surface area contributed by atoms with Gasteiger partial charge in [0.25, 0.3) is 0 Å². The molecule has 3 rings (SSSR count). The van der Waals surface area contributed by atoms with Crippen LogP contribution in [0.2, 0.25) is 5.28 Å². The van der Waals surface area contributed by atoms with Crippen LogP contribution < -0.4 is 5.32 Å². The quantitative estimate of drug-likeness (QED) is 0.750. The third-order valence-electron chi connectivity index (χ3n) is 3.13. The van der Waals surface area contributed by atoms with Gasteiger partial charge in [-0.05, 0) is 37.1 Å². The molecule has 0 saturated carbocycles. The Morgan fingerprint density at radius 3 is 2.90 bits per heavy atom. The van der Waals surface area contributed by atoms with Gasteiger partial charge in [-0.3, -0.25) is 4.98 Å². The number of anilines is 1. The molecule has 0 aliphatic heterocycles. The lowest BCUT2D eigenvalue weighted by Gasteiger charge is -2.09. The minimum absolute atomic E-state index is 0.207. The molecule has 0 amide bonds. The van der Waals surface area contributed by atoms with Gasteiger partial charge in [0.1, 0.15) is 0 Å². The fraction of sp³-hybridized carbons (Fsp3) is 0.286. The zero-order chi connectivity index (χ0) is 14.8. The molecule has 108 valence electrons. The molecule has 0 saturated heterocycles. The highest BCUT2D eigenvalue weighted by molar-refractivity contribution is 6.28. The number of hydrogen-bond donors (Lipinski definition) is 1. The van der Waals surface area contributed by atoms with Gasteiger partial charge in [-0.25, -0.2) is 4.98 Å². The van der Waals surface area contributed by atoms with Gasteiger partial charge >= 0.3 is 0 Å². The van der Waals surface area contributed by atoms with E-state index in [9.17, 15) is 0 Å². The molecule has 21 heavy (non-hydrogen) atoms. The van der Waals surface area contributed by atoms with Gasteiger partial charge in [-0.1, -0.05) is 6.07 Å². The van der Waals surface area contributed by atoms with Crippen molar-refractivity contribution in [2.45, 2.75) is 26.4 Å². The van der Waals surface area contributed by atoms with Crippen molar-refractivity contribution in [1.82, 2.24) is 24.5 Å². The first-order chi connectivity index (χ1) is 10.1. The smallest absolute Gasteiger partial charge is 0.226 e. The van der Waals surface area contributed by atoms with Crippen molar-refractivity contribution in [3.63, 3.8) is 0 Å². The lowest BCUT2D eigenvalue weighted by atomic mass is 10.3. The number of pyridine rings is 1. The first-order valence-electron chi connectivity index (χ1n) is 6.68. The molecular weight excluding hydrogens is 288 g/mol. The van der Waals surface area contributed by atoms with Gasteiger partial charge < -0.3 is 9.88 Å². The van der Waals surface area contributed by atoms with E-state index in [1.807, 2.05) is 16.7 Å². The molecule has 0 aliphatic rings. The lowest BCUT2D eigenvalue weighted by molar-refractivity contribution is 0.612. The minimum Gasteiger partial charge on any atom is -0.364 e. The predicted octanol–water partition coefficient (Wildman–Crippen LogP) is 3.07. The Morgan fingerprint density at radius 2 is 2.19 bits per heavy atom. The van der Waals surface area contributed by atoms with E-state index in [-0.39, 0.29) is 11.3 Å². The molecule has 0 radical (unpaired) electrons. The zero-order valence-electron chi connectivity index (χ0n) is 11.8. The summed E-state index contributed by atoms with van der Waals surface area (Å²) in [6.07, 6.45) is 5.31. The van der Waals surface area contributed by atoms with Crippen molar-refractivity contribution < 1.29 is 0 Å². The van der Waals surface area contributed by atoms with Crippen molar-refractivity contribution in [2.24, 2.45) is 0 Å². The summed E-state index contributed by atoms with van der Waals surface area (Å²) in [4.78, 5) is 17.0. The van der Waals surface area contributed by atoms with Crippen molar-refractivity contribution in [3.8, 4) is 0 Å². The summed E-state index contributed by atoms with van der Waals surface area (Å²) in [6, 6.07) is 4.15. The number of rotatable bonds is 4. The summed E-state index contributed by atoms with van der Waals surface area (Å²) in [5, 5.41) is 3.45. The van der Waals surface area contributed by atoms with Gasteiger partial charge in [0, 0.05) is 25.0 Å². The molecule has 3 aromatic rings. The number of aromatic nitrogens is 5. The molecule has 0 atom stereocenters. The van der Waals surface area contributed by atoms with E-state index in [0.717, 1.165) is 16.7 Å². The number of fused-ring (bicyclic) bond motifs is 1. The average molecular weight is 303 g/mol. The molecule has 0 spiro atoms. The molecule has 7 heteroatoms. The topological polar surface area (TPSA) is 68.5 Å². The lowest BCUT2D eigenvalue weighted by Crippen LogP contribution is -2.05. The summed E-state index contributed by atoms with van der Waals surface area (Å²) >= 11 is 6.02. The van der Waals surface area contributed by atoms with Crippen LogP contribution in [0.25, 0.3) is 11.2 Å². The standard InChI is InChI=1S/C14H15ClN6/c1-9(2)21-8-18-11-12(19-14(15)20-13(11)21)17-7-10-4-3-5-16-6-10/h3-6,8-9H,7H2,1-2H3,(H,17,19,20). The average Bonchev–Trinajstić information content (AvgIpc) is 2.89. The van der Waals surface area contributed by atoms with E-state index in [2.05, 4.69) is 39.1 Å². The molecule has 0 fully saturated rings. The second-order valence-electron chi connectivity index (χ2n) is 4.97. The van der Waals surface area contributed by atoms with Crippen LogP contribution in [0.4, 0.5) is 5.82 Å². The maximum absolute atomic E-state index is 6.02. The van der Waals surface area contributed by atoms with E-state index in [0.29, 0.717) is 12.4 Å². The van der Waals surface area contributed by atoms with Crippen LogP contribution in [0, 0.1) is 0 Å². The van der Waals surface area contributed by atoms with Gasteiger partial charge in [0.15, 0.2) is 17.0 Å². The summed E-state index contributed by atoms with van der Waals surface area (Å²) in [6.45, 7) is 4.74. The first kappa shape index (κ1) is 13.8. The predicted molar refractivity (Wildman–Crippen MR) is 82.3 cm³/mol. The minimum atomic E-state index is 0.207. The van der Waals surface area contributed by atoms with Crippen LogP contribution in [0.15, 0.2) is 30.9 Å². The number of nitrogens with one attached hydrogen (secondary N) is 1. The van der Waals surface area contributed by atoms with Crippen LogP contribution in [0.1, 0.15) is 25.5 Å². The molecule has 0 aliphatic carbocycles. The van der Waals surface area contributed by atoms with Crippen LogP contribution >= 0.6 is 11.6 Å². The van der Waals surface area contributed by atoms with Crippen LogP contribution in [-0.4, -0.2) is 24.5 Å². The Labute approximate surface area is 127 Å². The fourth-order valence-corrected chi connectivity index (χ4v) is 2.24. The van der Waals surface area contributed by atoms with Crippen molar-refractivity contribution in [1.29, 1.82) is 0 Å². The number of hydrogen-bond acceptors (Lipinski definition) is 5. The number of imidazole rings is 1. The van der Waals surface area contributed by atoms with Crippen molar-refractivity contribution >= 4 is 28.6 Å². The SMILES string of the molecule is CC(C)n1cnc2c(NCc3cccnc3)nc(Cl)nc21. The molecule has 0 bridgehead atoms. The first-order valence-corrected chi connectivity index (χ1v) is 7.06. The normalized spacial score (nSPS) is 11.2. The Kier molecular flexibility index (Phi) is 3.70. The molecule has 3 heterocycles. The summed E-state index contributed by atoms with van der Waals surface area (Å²) in [5.74, 6) is 0.633. The third-order valence-corrected chi connectivity index (χ3v) is 3.30. The van der Waals surface area contributed by atoms with Crippen molar-refractivity contribution in [2.75, 3.05) is 5.32 Å². The zero-order valence-corrected chi connectivity index (χ0v) is 12.5. The van der Waals surface area contributed by atoms with Gasteiger partial charge in [0.2, 0.25) is 5.28 Å². The van der Waals surface area contributed by atoms with Gasteiger partial charge in [-0.15, -0.1) is 0 Å². The summed E-state index contributed by atoms with van der Waals surface area (Å²) < 4.78 is 1.97. The van der Waals surface area contributed by atoms with E-state index in [1.54, 1.807) is 18.7 Å². The largest absolute Gasteiger partial charge is 0.364 e. The molecular formula is C14H15ClN6.